The summed E-state index contributed by atoms with van der Waals surface area (Å²) >= 11 is 0. The van der Waals surface area contributed by atoms with Gasteiger partial charge in [-0.05, 0) is 24.3 Å². The Morgan fingerprint density at radius 1 is 1.11 bits per heavy atom. The molecule has 0 bridgehead atoms. The van der Waals surface area contributed by atoms with Gasteiger partial charge in [0.25, 0.3) is 11.2 Å². The van der Waals surface area contributed by atoms with Gasteiger partial charge in [-0.1, -0.05) is 12.1 Å². The Morgan fingerprint density at radius 3 is 2.61 bits per heavy atom. The predicted molar refractivity (Wildman–Crippen MR) is 105 cm³/mol. The Morgan fingerprint density at radius 2 is 1.86 bits per heavy atom. The fourth-order valence-electron chi connectivity index (χ4n) is 2.69. The zero-order valence-electron chi connectivity index (χ0n) is 15.0. The number of carbonyl (C=O) groups excluding carboxylic acids is 1. The van der Waals surface area contributed by atoms with Gasteiger partial charge in [0.2, 0.25) is 5.91 Å². The molecule has 28 heavy (non-hydrogen) atoms. The van der Waals surface area contributed by atoms with Crippen LogP contribution >= 0.6 is 0 Å². The topological polar surface area (TPSA) is 119 Å². The lowest BCUT2D eigenvalue weighted by Gasteiger charge is -2.09. The van der Waals surface area contributed by atoms with Crippen LogP contribution in [0, 0.1) is 10.1 Å². The molecule has 3 rings (SSSR count). The maximum Gasteiger partial charge on any atom is 0.269 e. The number of para-hydroxylation sites is 1. The zero-order chi connectivity index (χ0) is 19.9. The third-order valence-electron chi connectivity index (χ3n) is 4.17. The van der Waals surface area contributed by atoms with Crippen LogP contribution in [-0.4, -0.2) is 33.5 Å². The van der Waals surface area contributed by atoms with Crippen LogP contribution in [-0.2, 0) is 11.3 Å². The maximum atomic E-state index is 12.4. The van der Waals surface area contributed by atoms with Crippen molar-refractivity contribution in [1.29, 1.82) is 0 Å². The van der Waals surface area contributed by atoms with Gasteiger partial charge in [-0.25, -0.2) is 4.98 Å². The summed E-state index contributed by atoms with van der Waals surface area (Å²) < 4.78 is 1.43. The first-order chi connectivity index (χ1) is 13.5. The first-order valence-electron chi connectivity index (χ1n) is 8.74. The number of non-ortho nitro benzene ring substituents is 1. The standard InChI is InChI=1S/C19H19N5O4/c25-18(21-11-10-20-14-5-7-15(8-6-14)24(27)28)9-12-23-13-22-17-4-2-1-3-16(17)19(23)26/h1-8,13,20H,9-12H2,(H,21,25). The quantitative estimate of drug-likeness (QED) is 0.350. The zero-order valence-corrected chi connectivity index (χ0v) is 15.0. The molecular weight excluding hydrogens is 362 g/mol. The molecule has 0 fully saturated rings. The minimum absolute atomic E-state index is 0.0253. The molecule has 9 nitrogen and oxygen atoms in total. The van der Waals surface area contributed by atoms with E-state index < -0.39 is 4.92 Å². The monoisotopic (exact) mass is 381 g/mol. The highest BCUT2D eigenvalue weighted by atomic mass is 16.6. The third-order valence-corrected chi connectivity index (χ3v) is 4.17. The summed E-state index contributed by atoms with van der Waals surface area (Å²) in [6, 6.07) is 13.1. The number of anilines is 1. The Balaban J connectivity index is 1.43. The van der Waals surface area contributed by atoms with Crippen LogP contribution in [0.25, 0.3) is 10.9 Å². The molecular formula is C19H19N5O4. The summed E-state index contributed by atoms with van der Waals surface area (Å²) in [7, 11) is 0. The highest BCUT2D eigenvalue weighted by molar-refractivity contribution is 5.77. The van der Waals surface area contributed by atoms with Crippen molar-refractivity contribution in [2.75, 3.05) is 18.4 Å². The molecule has 0 aliphatic carbocycles. The number of rotatable bonds is 8. The molecule has 2 N–H and O–H groups in total. The summed E-state index contributed by atoms with van der Waals surface area (Å²) in [5.74, 6) is -0.175. The van der Waals surface area contributed by atoms with E-state index in [-0.39, 0.29) is 30.1 Å². The number of nitrogens with one attached hydrogen (secondary N) is 2. The molecule has 0 radical (unpaired) electrons. The van der Waals surface area contributed by atoms with E-state index in [4.69, 9.17) is 0 Å². The lowest BCUT2D eigenvalue weighted by molar-refractivity contribution is -0.384. The van der Waals surface area contributed by atoms with Crippen LogP contribution in [0.2, 0.25) is 0 Å². The van der Waals surface area contributed by atoms with Gasteiger partial charge in [0.15, 0.2) is 0 Å². The van der Waals surface area contributed by atoms with E-state index in [1.165, 1.54) is 23.0 Å². The van der Waals surface area contributed by atoms with Crippen molar-refractivity contribution in [3.63, 3.8) is 0 Å². The van der Waals surface area contributed by atoms with Crippen LogP contribution in [0.4, 0.5) is 11.4 Å². The lowest BCUT2D eigenvalue weighted by Crippen LogP contribution is -2.30. The molecule has 1 heterocycles. The highest BCUT2D eigenvalue weighted by Crippen LogP contribution is 2.14. The summed E-state index contributed by atoms with van der Waals surface area (Å²) in [6.45, 7) is 1.11. The van der Waals surface area contributed by atoms with Gasteiger partial charge in [-0.2, -0.15) is 0 Å². The van der Waals surface area contributed by atoms with Gasteiger partial charge in [0.05, 0.1) is 22.2 Å². The van der Waals surface area contributed by atoms with Crippen LogP contribution in [0.3, 0.4) is 0 Å². The van der Waals surface area contributed by atoms with E-state index in [0.717, 1.165) is 5.69 Å². The normalized spacial score (nSPS) is 10.6. The number of aromatic nitrogens is 2. The second-order valence-corrected chi connectivity index (χ2v) is 6.09. The van der Waals surface area contributed by atoms with Crippen LogP contribution < -0.4 is 16.2 Å². The third kappa shape index (κ3) is 4.70. The van der Waals surface area contributed by atoms with Gasteiger partial charge in [0.1, 0.15) is 0 Å². The van der Waals surface area contributed by atoms with Crippen molar-refractivity contribution < 1.29 is 9.72 Å². The lowest BCUT2D eigenvalue weighted by atomic mass is 10.2. The molecule has 0 spiro atoms. The summed E-state index contributed by atoms with van der Waals surface area (Å²) in [5, 5.41) is 17.0. The van der Waals surface area contributed by atoms with E-state index >= 15 is 0 Å². The van der Waals surface area contributed by atoms with Gasteiger partial charge in [0, 0.05) is 43.9 Å². The molecule has 2 aromatic carbocycles. The van der Waals surface area contributed by atoms with Gasteiger partial charge in [-0.15, -0.1) is 0 Å². The maximum absolute atomic E-state index is 12.4. The average molecular weight is 381 g/mol. The van der Waals surface area contributed by atoms with Crippen molar-refractivity contribution in [1.82, 2.24) is 14.9 Å². The Hall–Kier alpha value is -3.75. The minimum Gasteiger partial charge on any atom is -0.383 e. The molecule has 0 atom stereocenters. The molecule has 0 unspecified atom stereocenters. The Bertz CT molecular complexity index is 1050. The molecule has 0 saturated carbocycles. The number of nitro groups is 1. The van der Waals surface area contributed by atoms with E-state index in [0.29, 0.717) is 24.0 Å². The summed E-state index contributed by atoms with van der Waals surface area (Å²) in [5.41, 5.74) is 1.22. The number of nitro benzene ring substituents is 1. The average Bonchev–Trinajstić information content (AvgIpc) is 2.71. The summed E-state index contributed by atoms with van der Waals surface area (Å²) in [4.78, 5) is 38.7. The molecule has 0 aliphatic heterocycles. The molecule has 3 aromatic rings. The number of benzene rings is 2. The first kappa shape index (κ1) is 19.0. The molecule has 9 heteroatoms. The fourth-order valence-corrected chi connectivity index (χ4v) is 2.69. The van der Waals surface area contributed by atoms with E-state index in [1.54, 1.807) is 30.3 Å². The van der Waals surface area contributed by atoms with E-state index in [9.17, 15) is 19.7 Å². The van der Waals surface area contributed by atoms with Crippen molar-refractivity contribution in [3.8, 4) is 0 Å². The molecule has 1 aromatic heterocycles. The van der Waals surface area contributed by atoms with E-state index in [1.807, 2.05) is 6.07 Å². The molecule has 144 valence electrons. The number of carbonyl (C=O) groups is 1. The number of hydrogen-bond acceptors (Lipinski definition) is 6. The largest absolute Gasteiger partial charge is 0.383 e. The number of amides is 1. The van der Waals surface area contributed by atoms with E-state index in [2.05, 4.69) is 15.6 Å². The number of fused-ring (bicyclic) bond motifs is 1. The Kier molecular flexibility index (Phi) is 5.95. The van der Waals surface area contributed by atoms with Crippen LogP contribution in [0.1, 0.15) is 6.42 Å². The number of hydrogen-bond donors (Lipinski definition) is 2. The van der Waals surface area contributed by atoms with Crippen molar-refractivity contribution in [2.24, 2.45) is 0 Å². The van der Waals surface area contributed by atoms with Crippen molar-refractivity contribution in [2.45, 2.75) is 13.0 Å². The predicted octanol–water partition coefficient (Wildman–Crippen LogP) is 1.92. The number of nitrogens with zero attached hydrogens (tertiary/aromatic N) is 3. The van der Waals surface area contributed by atoms with Crippen molar-refractivity contribution in [3.05, 3.63) is 75.3 Å². The minimum atomic E-state index is -0.458. The molecule has 0 saturated heterocycles. The van der Waals surface area contributed by atoms with Crippen molar-refractivity contribution >= 4 is 28.2 Å². The SMILES string of the molecule is O=C(CCn1cnc2ccccc2c1=O)NCCNc1ccc([N+](=O)[O-])cc1. The highest BCUT2D eigenvalue weighted by Gasteiger charge is 2.06. The van der Waals surface area contributed by atoms with Gasteiger partial charge < -0.3 is 10.6 Å². The molecule has 0 aliphatic rings. The first-order valence-corrected chi connectivity index (χ1v) is 8.74. The molecule has 1 amide bonds. The fraction of sp³-hybridized carbons (Fsp3) is 0.211. The van der Waals surface area contributed by atoms with Gasteiger partial charge in [-0.3, -0.25) is 24.3 Å². The van der Waals surface area contributed by atoms with Gasteiger partial charge >= 0.3 is 0 Å². The summed E-state index contributed by atoms with van der Waals surface area (Å²) in [6.07, 6.45) is 1.62. The second-order valence-electron chi connectivity index (χ2n) is 6.09. The van der Waals surface area contributed by atoms with Crippen LogP contribution in [0.5, 0.6) is 0 Å². The van der Waals surface area contributed by atoms with Crippen LogP contribution in [0.15, 0.2) is 59.7 Å². The second kappa shape index (κ2) is 8.76. The Labute approximate surface area is 160 Å². The smallest absolute Gasteiger partial charge is 0.269 e. The number of aryl methyl sites for hydroxylation is 1.